The number of unbranched alkanes of at least 4 members (excludes halogenated alkanes) is 2. The fourth-order valence-electron chi connectivity index (χ4n) is 2.20. The zero-order valence-electron chi connectivity index (χ0n) is 11.7. The maximum Gasteiger partial charge on any atom is -0.0152 e. The van der Waals surface area contributed by atoms with Crippen molar-refractivity contribution in [1.82, 2.24) is 0 Å². The number of aryl methyl sites for hydroxylation is 1. The molecule has 0 N–H and O–H groups in total. The fourth-order valence-corrected chi connectivity index (χ4v) is 2.20. The monoisotopic (exact) mass is 250 g/mol. The molecular weight excluding hydrogens is 228 g/mol. The Morgan fingerprint density at radius 1 is 0.789 bits per heavy atom. The van der Waals surface area contributed by atoms with Crippen molar-refractivity contribution in [2.45, 2.75) is 32.6 Å². The predicted molar refractivity (Wildman–Crippen MR) is 85.0 cm³/mol. The molecule has 0 amide bonds. The third-order valence-corrected chi connectivity index (χ3v) is 3.15. The van der Waals surface area contributed by atoms with Crippen LogP contribution in [-0.4, -0.2) is 0 Å². The summed E-state index contributed by atoms with van der Waals surface area (Å²) in [5.41, 5.74) is 4.20. The molecule has 0 aliphatic carbocycles. The minimum atomic E-state index is 1.19. The van der Waals surface area contributed by atoms with E-state index in [2.05, 4.69) is 74.4 Å². The van der Waals surface area contributed by atoms with Gasteiger partial charge in [0.15, 0.2) is 0 Å². The maximum atomic E-state index is 4.00. The van der Waals surface area contributed by atoms with Gasteiger partial charge in [0.05, 0.1) is 0 Å². The van der Waals surface area contributed by atoms with Gasteiger partial charge < -0.3 is 0 Å². The molecule has 2 aromatic rings. The van der Waals surface area contributed by atoms with Crippen LogP contribution in [0, 0.1) is 12.8 Å². The summed E-state index contributed by atoms with van der Waals surface area (Å²) in [5, 5.41) is 0. The molecule has 0 saturated heterocycles. The molecular formula is C19H22. The first-order valence-corrected chi connectivity index (χ1v) is 6.88. The van der Waals surface area contributed by atoms with E-state index in [1.54, 1.807) is 0 Å². The molecule has 0 heteroatoms. The van der Waals surface area contributed by atoms with Gasteiger partial charge in [-0.05, 0) is 29.5 Å². The van der Waals surface area contributed by atoms with Gasteiger partial charge in [0, 0.05) is 0 Å². The number of rotatable bonds is 5. The van der Waals surface area contributed by atoms with E-state index < -0.39 is 0 Å². The van der Waals surface area contributed by atoms with Crippen LogP contribution in [0.4, 0.5) is 0 Å². The van der Waals surface area contributed by atoms with Crippen molar-refractivity contribution in [3.05, 3.63) is 60.2 Å². The van der Waals surface area contributed by atoms with E-state index >= 15 is 0 Å². The highest BCUT2D eigenvalue weighted by molar-refractivity contribution is 5.67. The number of terminal acetylenes is 1. The molecule has 98 valence electrons. The molecule has 0 aromatic heterocycles. The molecule has 0 atom stereocenters. The molecule has 0 aliphatic heterocycles. The van der Waals surface area contributed by atoms with Crippen LogP contribution in [0.15, 0.2) is 54.6 Å². The van der Waals surface area contributed by atoms with Crippen molar-refractivity contribution in [3.8, 4) is 24.0 Å². The molecule has 0 nitrogen and oxygen atoms in total. The standard InChI is InChI=1S/C17H20.C2H2/c1-2-3-5-10-15-13-8-9-14-17(15)16-11-6-4-7-12-16;1-2/h4,6-9,11-14H,2-3,5,10H2,1H3;1-2H. The zero-order valence-corrected chi connectivity index (χ0v) is 11.7. The summed E-state index contributed by atoms with van der Waals surface area (Å²) in [6.45, 7) is 2.25. The van der Waals surface area contributed by atoms with E-state index in [1.165, 1.54) is 42.4 Å². The van der Waals surface area contributed by atoms with E-state index in [9.17, 15) is 0 Å². The first kappa shape index (κ1) is 15.1. The number of hydrogen-bond donors (Lipinski definition) is 0. The maximum absolute atomic E-state index is 4.00. The van der Waals surface area contributed by atoms with Crippen molar-refractivity contribution in [1.29, 1.82) is 0 Å². The van der Waals surface area contributed by atoms with Gasteiger partial charge in [-0.15, -0.1) is 12.8 Å². The Morgan fingerprint density at radius 3 is 2.11 bits per heavy atom. The first-order valence-electron chi connectivity index (χ1n) is 6.88. The fraction of sp³-hybridized carbons (Fsp3) is 0.263. The molecule has 0 fully saturated rings. The van der Waals surface area contributed by atoms with Crippen LogP contribution in [0.3, 0.4) is 0 Å². The third-order valence-electron chi connectivity index (χ3n) is 3.15. The smallest absolute Gasteiger partial charge is 0.0152 e. The molecule has 2 rings (SSSR count). The van der Waals surface area contributed by atoms with Crippen molar-refractivity contribution in [2.24, 2.45) is 0 Å². The summed E-state index contributed by atoms with van der Waals surface area (Å²) in [5.74, 6) is 0. The molecule has 0 unspecified atom stereocenters. The lowest BCUT2D eigenvalue weighted by atomic mass is 9.96. The second kappa shape index (κ2) is 9.00. The van der Waals surface area contributed by atoms with Gasteiger partial charge in [-0.3, -0.25) is 0 Å². The summed E-state index contributed by atoms with van der Waals surface area (Å²) in [6.07, 6.45) is 13.1. The number of hydrogen-bond acceptors (Lipinski definition) is 0. The molecule has 0 radical (unpaired) electrons. The average Bonchev–Trinajstić information content (AvgIpc) is 2.51. The summed E-state index contributed by atoms with van der Waals surface area (Å²) in [7, 11) is 0. The Morgan fingerprint density at radius 2 is 1.42 bits per heavy atom. The van der Waals surface area contributed by atoms with Crippen molar-refractivity contribution >= 4 is 0 Å². The molecule has 0 spiro atoms. The van der Waals surface area contributed by atoms with Gasteiger partial charge in [0.2, 0.25) is 0 Å². The predicted octanol–water partition coefficient (Wildman–Crippen LogP) is 5.34. The summed E-state index contributed by atoms with van der Waals surface area (Å²) in [6, 6.07) is 19.4. The average molecular weight is 250 g/mol. The SMILES string of the molecule is C#C.CCCCCc1ccccc1-c1ccccc1. The Hall–Kier alpha value is -2.00. The summed E-state index contributed by atoms with van der Waals surface area (Å²) in [4.78, 5) is 0. The first-order chi connectivity index (χ1) is 9.42. The van der Waals surface area contributed by atoms with Crippen molar-refractivity contribution < 1.29 is 0 Å². The largest absolute Gasteiger partial charge is 0.124 e. The highest BCUT2D eigenvalue weighted by Gasteiger charge is 2.03. The van der Waals surface area contributed by atoms with Gasteiger partial charge in [-0.1, -0.05) is 74.4 Å². The Labute approximate surface area is 117 Å². The lowest BCUT2D eigenvalue weighted by Gasteiger charge is -2.09. The number of benzene rings is 2. The highest BCUT2D eigenvalue weighted by Crippen LogP contribution is 2.24. The quantitative estimate of drug-likeness (QED) is 0.496. The molecule has 0 bridgehead atoms. The van der Waals surface area contributed by atoms with Gasteiger partial charge in [0.1, 0.15) is 0 Å². The topological polar surface area (TPSA) is 0 Å². The van der Waals surface area contributed by atoms with Crippen molar-refractivity contribution in [2.75, 3.05) is 0 Å². The summed E-state index contributed by atoms with van der Waals surface area (Å²) < 4.78 is 0. The van der Waals surface area contributed by atoms with Crippen LogP contribution in [0.1, 0.15) is 31.7 Å². The van der Waals surface area contributed by atoms with Gasteiger partial charge >= 0.3 is 0 Å². The Balaban J connectivity index is 0.000000861. The van der Waals surface area contributed by atoms with E-state index in [0.717, 1.165) is 0 Å². The third kappa shape index (κ3) is 4.64. The molecule has 19 heavy (non-hydrogen) atoms. The van der Waals surface area contributed by atoms with E-state index in [-0.39, 0.29) is 0 Å². The molecule has 0 saturated carbocycles. The lowest BCUT2D eigenvalue weighted by Crippen LogP contribution is -1.90. The Bertz CT molecular complexity index is 480. The highest BCUT2D eigenvalue weighted by atomic mass is 14.1. The van der Waals surface area contributed by atoms with Crippen LogP contribution >= 0.6 is 0 Å². The molecule has 2 aromatic carbocycles. The van der Waals surface area contributed by atoms with E-state index in [4.69, 9.17) is 0 Å². The van der Waals surface area contributed by atoms with Crippen LogP contribution < -0.4 is 0 Å². The van der Waals surface area contributed by atoms with Crippen molar-refractivity contribution in [3.63, 3.8) is 0 Å². The van der Waals surface area contributed by atoms with Crippen LogP contribution in [0.25, 0.3) is 11.1 Å². The van der Waals surface area contributed by atoms with E-state index in [1.807, 2.05) is 0 Å². The Kier molecular flexibility index (Phi) is 7.13. The van der Waals surface area contributed by atoms with Gasteiger partial charge in [0.25, 0.3) is 0 Å². The van der Waals surface area contributed by atoms with Crippen LogP contribution in [0.2, 0.25) is 0 Å². The van der Waals surface area contributed by atoms with Crippen LogP contribution in [-0.2, 0) is 6.42 Å². The second-order valence-electron chi connectivity index (χ2n) is 4.48. The van der Waals surface area contributed by atoms with Gasteiger partial charge in [-0.2, -0.15) is 0 Å². The van der Waals surface area contributed by atoms with Gasteiger partial charge in [-0.25, -0.2) is 0 Å². The van der Waals surface area contributed by atoms with Crippen LogP contribution in [0.5, 0.6) is 0 Å². The molecule has 0 heterocycles. The minimum Gasteiger partial charge on any atom is -0.124 e. The normalized spacial score (nSPS) is 9.42. The van der Waals surface area contributed by atoms with E-state index in [0.29, 0.717) is 0 Å². The minimum absolute atomic E-state index is 1.19. The zero-order chi connectivity index (χ0) is 13.9. The lowest BCUT2D eigenvalue weighted by molar-refractivity contribution is 0.718. The summed E-state index contributed by atoms with van der Waals surface area (Å²) >= 11 is 0. The second-order valence-corrected chi connectivity index (χ2v) is 4.48. The molecule has 0 aliphatic rings.